The summed E-state index contributed by atoms with van der Waals surface area (Å²) in [6, 6.07) is 4.20. The standard InChI is InChI=1S/C16H12O4/c1-9(17)11-6-12-14(19)7-15(10-4-2-3-5-10)20-16(12)8-13(11)18/h2-8,17,19H,1H3. The van der Waals surface area contributed by atoms with Crippen LogP contribution in [0.1, 0.15) is 6.92 Å². The van der Waals surface area contributed by atoms with Crippen molar-refractivity contribution < 1.29 is 14.6 Å². The molecule has 0 amide bonds. The third-order valence-corrected chi connectivity index (χ3v) is 3.18. The topological polar surface area (TPSA) is 70.7 Å². The summed E-state index contributed by atoms with van der Waals surface area (Å²) in [5, 5.41) is 19.7. The fourth-order valence-corrected chi connectivity index (χ4v) is 2.16. The summed E-state index contributed by atoms with van der Waals surface area (Å²) in [6.45, 7) is 1.43. The van der Waals surface area contributed by atoms with Crippen molar-refractivity contribution in [3.63, 3.8) is 0 Å². The molecule has 0 saturated heterocycles. The van der Waals surface area contributed by atoms with E-state index in [0.717, 1.165) is 5.57 Å². The van der Waals surface area contributed by atoms with Crippen molar-refractivity contribution in [3.05, 3.63) is 63.4 Å². The van der Waals surface area contributed by atoms with Gasteiger partial charge in [0, 0.05) is 17.7 Å². The number of fused-ring (bicyclic) bond motifs is 1. The molecule has 0 radical (unpaired) electrons. The normalized spacial score (nSPS) is 15.2. The van der Waals surface area contributed by atoms with Crippen molar-refractivity contribution in [2.45, 2.75) is 6.92 Å². The van der Waals surface area contributed by atoms with Crippen molar-refractivity contribution in [3.8, 4) is 17.1 Å². The number of allylic oxidation sites excluding steroid dienone is 4. The molecule has 1 aliphatic heterocycles. The van der Waals surface area contributed by atoms with Crippen LogP contribution in [0.15, 0.2) is 51.7 Å². The molecular weight excluding hydrogens is 256 g/mol. The number of benzene rings is 1. The van der Waals surface area contributed by atoms with Crippen molar-refractivity contribution in [1.29, 1.82) is 0 Å². The van der Waals surface area contributed by atoms with Crippen molar-refractivity contribution in [2.75, 3.05) is 0 Å². The van der Waals surface area contributed by atoms with Crippen LogP contribution < -0.4 is 16.1 Å². The van der Waals surface area contributed by atoms with Gasteiger partial charge in [-0.1, -0.05) is 24.3 Å². The minimum atomic E-state index is -0.347. The highest BCUT2D eigenvalue weighted by molar-refractivity contribution is 5.72. The fourth-order valence-electron chi connectivity index (χ4n) is 2.16. The van der Waals surface area contributed by atoms with Gasteiger partial charge in [-0.15, -0.1) is 0 Å². The highest BCUT2D eigenvalue weighted by Gasteiger charge is 2.13. The summed E-state index contributed by atoms with van der Waals surface area (Å²) in [7, 11) is 0. The lowest BCUT2D eigenvalue weighted by molar-refractivity contribution is 0.453. The van der Waals surface area contributed by atoms with E-state index in [-0.39, 0.29) is 27.9 Å². The predicted molar refractivity (Wildman–Crippen MR) is 75.9 cm³/mol. The van der Waals surface area contributed by atoms with E-state index in [1.807, 2.05) is 24.3 Å². The number of hydrogen-bond acceptors (Lipinski definition) is 4. The molecule has 3 rings (SSSR count). The molecule has 0 bridgehead atoms. The summed E-state index contributed by atoms with van der Waals surface area (Å²) in [6.07, 6.45) is 7.42. The lowest BCUT2D eigenvalue weighted by Crippen LogP contribution is -2.26. The number of hydrogen-bond donors (Lipinski definition) is 2. The van der Waals surface area contributed by atoms with Gasteiger partial charge in [0.2, 0.25) is 0 Å². The van der Waals surface area contributed by atoms with Crippen LogP contribution in [0.25, 0.3) is 22.7 Å². The Labute approximate surface area is 114 Å². The van der Waals surface area contributed by atoms with Gasteiger partial charge in [0.05, 0.1) is 10.8 Å². The second-order valence-corrected chi connectivity index (χ2v) is 4.60. The van der Waals surface area contributed by atoms with E-state index in [9.17, 15) is 15.0 Å². The Morgan fingerprint density at radius 1 is 1.15 bits per heavy atom. The molecule has 0 aromatic rings. The first-order valence-electron chi connectivity index (χ1n) is 6.12. The van der Waals surface area contributed by atoms with Gasteiger partial charge < -0.3 is 14.6 Å². The Morgan fingerprint density at radius 3 is 2.50 bits per heavy atom. The molecule has 0 unspecified atom stereocenters. The maximum atomic E-state index is 11.9. The molecule has 1 heterocycles. The first-order chi connectivity index (χ1) is 9.56. The zero-order chi connectivity index (χ0) is 14.3. The number of rotatable bonds is 0. The van der Waals surface area contributed by atoms with Crippen LogP contribution in [-0.2, 0) is 0 Å². The molecule has 0 aromatic carbocycles. The maximum Gasteiger partial charge on any atom is 0.192 e. The van der Waals surface area contributed by atoms with Gasteiger partial charge in [-0.3, -0.25) is 4.79 Å². The van der Waals surface area contributed by atoms with Gasteiger partial charge in [0.15, 0.2) is 5.43 Å². The van der Waals surface area contributed by atoms with Crippen LogP contribution >= 0.6 is 0 Å². The molecule has 0 aromatic heterocycles. The van der Waals surface area contributed by atoms with E-state index in [2.05, 4.69) is 0 Å². The molecule has 20 heavy (non-hydrogen) atoms. The van der Waals surface area contributed by atoms with E-state index in [1.165, 1.54) is 25.1 Å². The lowest BCUT2D eigenvalue weighted by atomic mass is 10.1. The van der Waals surface area contributed by atoms with Crippen LogP contribution in [0.5, 0.6) is 5.75 Å². The van der Waals surface area contributed by atoms with Gasteiger partial charge in [0.1, 0.15) is 22.7 Å². The first-order valence-corrected chi connectivity index (χ1v) is 6.12. The van der Waals surface area contributed by atoms with Gasteiger partial charge >= 0.3 is 0 Å². The van der Waals surface area contributed by atoms with Crippen molar-refractivity contribution >= 4 is 11.3 Å². The Balaban J connectivity index is 2.45. The summed E-state index contributed by atoms with van der Waals surface area (Å²) in [4.78, 5) is 11.9. The number of aromatic hydroxyl groups is 1. The Hall–Kier alpha value is -2.75. The predicted octanol–water partition coefficient (Wildman–Crippen LogP) is 1.41. The van der Waals surface area contributed by atoms with E-state index < -0.39 is 0 Å². The zero-order valence-electron chi connectivity index (χ0n) is 10.8. The summed E-state index contributed by atoms with van der Waals surface area (Å²) in [5.41, 5.74) is 1.35. The number of aliphatic hydroxyl groups excluding tert-OH is 1. The van der Waals surface area contributed by atoms with Gasteiger partial charge in [0.25, 0.3) is 0 Å². The Morgan fingerprint density at radius 2 is 1.85 bits per heavy atom. The molecule has 2 aliphatic carbocycles. The first kappa shape index (κ1) is 12.3. The molecule has 2 N–H and O–H groups in total. The van der Waals surface area contributed by atoms with Crippen molar-refractivity contribution in [2.24, 2.45) is 0 Å². The van der Waals surface area contributed by atoms with Crippen LogP contribution in [-0.4, -0.2) is 10.2 Å². The summed E-state index contributed by atoms with van der Waals surface area (Å²) in [5.74, 6) is 0.206. The molecule has 0 atom stereocenters. The van der Waals surface area contributed by atoms with E-state index in [4.69, 9.17) is 4.42 Å². The van der Waals surface area contributed by atoms with Gasteiger partial charge in [-0.25, -0.2) is 0 Å². The van der Waals surface area contributed by atoms with Gasteiger partial charge in [-0.2, -0.15) is 0 Å². The Kier molecular flexibility index (Phi) is 2.71. The minimum absolute atomic E-state index is 0.00458. The quantitative estimate of drug-likeness (QED) is 0.758. The van der Waals surface area contributed by atoms with Crippen LogP contribution in [0.2, 0.25) is 0 Å². The second kappa shape index (κ2) is 4.42. The van der Waals surface area contributed by atoms with E-state index in [1.54, 1.807) is 0 Å². The lowest BCUT2D eigenvalue weighted by Gasteiger charge is -2.07. The molecule has 0 fully saturated rings. The van der Waals surface area contributed by atoms with E-state index >= 15 is 0 Å². The maximum absolute atomic E-state index is 11.9. The molecule has 0 spiro atoms. The molecule has 0 saturated carbocycles. The molecule has 4 nitrogen and oxygen atoms in total. The number of aliphatic hydroxyl groups is 1. The minimum Gasteiger partial charge on any atom is -0.512 e. The molecule has 4 heteroatoms. The van der Waals surface area contributed by atoms with Crippen LogP contribution in [0.4, 0.5) is 0 Å². The summed E-state index contributed by atoms with van der Waals surface area (Å²) >= 11 is 0. The SMILES string of the molecule is CC(O)=c1cc2c(O)cc(=C3C=CC=C3)oc-2cc1=O. The molecule has 100 valence electrons. The van der Waals surface area contributed by atoms with Gasteiger partial charge in [-0.05, 0) is 13.0 Å². The summed E-state index contributed by atoms with van der Waals surface area (Å²) < 4.78 is 5.65. The largest absolute Gasteiger partial charge is 0.512 e. The third kappa shape index (κ3) is 1.91. The van der Waals surface area contributed by atoms with Crippen molar-refractivity contribution in [1.82, 2.24) is 0 Å². The molecule has 3 aliphatic rings. The highest BCUT2D eigenvalue weighted by Crippen LogP contribution is 2.26. The average Bonchev–Trinajstić information content (AvgIpc) is 2.91. The van der Waals surface area contributed by atoms with Crippen LogP contribution in [0.3, 0.4) is 0 Å². The smallest absolute Gasteiger partial charge is 0.192 e. The highest BCUT2D eigenvalue weighted by atomic mass is 16.3. The average molecular weight is 268 g/mol. The van der Waals surface area contributed by atoms with E-state index in [0.29, 0.717) is 11.0 Å². The monoisotopic (exact) mass is 268 g/mol. The second-order valence-electron chi connectivity index (χ2n) is 4.60. The van der Waals surface area contributed by atoms with Crippen LogP contribution in [0, 0.1) is 0 Å². The molecular formula is C16H12O4. The fraction of sp³-hybridized carbons (Fsp3) is 0.0625. The third-order valence-electron chi connectivity index (χ3n) is 3.18. The zero-order valence-corrected chi connectivity index (χ0v) is 10.8. The Bertz CT molecular complexity index is 879.